The van der Waals surface area contributed by atoms with E-state index in [-0.39, 0.29) is 44.5 Å². The third kappa shape index (κ3) is 4.19. The number of fused-ring (bicyclic) bond motifs is 9. The van der Waals surface area contributed by atoms with E-state index in [2.05, 4.69) is 19.9 Å². The third-order valence-corrected chi connectivity index (χ3v) is 7.31. The highest BCUT2D eigenvalue weighted by Gasteiger charge is 2.30. The van der Waals surface area contributed by atoms with Gasteiger partial charge in [0.2, 0.25) is 11.6 Å². The van der Waals surface area contributed by atoms with E-state index in [4.69, 9.17) is 0 Å². The molecule has 2 aromatic carbocycles. The van der Waals surface area contributed by atoms with E-state index < -0.39 is 80.4 Å². The largest absolute Gasteiger partial charge is 0.355 e. The van der Waals surface area contributed by atoms with Gasteiger partial charge in [-0.2, -0.15) is 0 Å². The fourth-order valence-corrected chi connectivity index (χ4v) is 5.26. The van der Waals surface area contributed by atoms with Gasteiger partial charge in [-0.15, -0.1) is 0 Å². The van der Waals surface area contributed by atoms with Crippen molar-refractivity contribution in [1.82, 2.24) is 19.9 Å². The zero-order valence-electron chi connectivity index (χ0n) is 21.9. The number of benzene rings is 2. The zero-order chi connectivity index (χ0) is 31.9. The molecule has 1 aliphatic rings. The maximum absolute atomic E-state index is 15.1. The van der Waals surface area contributed by atoms with Crippen LogP contribution in [0.4, 0.5) is 43.9 Å². The zero-order valence-corrected chi connectivity index (χ0v) is 21.9. The highest BCUT2D eigenvalue weighted by atomic mass is 19.2. The average molecular weight is 630 g/mol. The standard InChI is InChI=1S/C31H12F10N4/c32-22-20(23(33)27(37)30(40)26(22)36)18-14-3-1-10(42-14)9-11-2-4-15(43-11)19(21-24(34)28(38)31(41)29(39)25(21)35)17-8-6-13(45-17)12-5-7-16(18)44-12/h1-9,42-44H. The minimum atomic E-state index is -2.34. The van der Waals surface area contributed by atoms with Crippen LogP contribution in [-0.2, 0) is 0 Å². The summed E-state index contributed by atoms with van der Waals surface area (Å²) in [5.74, 6) is -21.7. The lowest BCUT2D eigenvalue weighted by Gasteiger charge is -2.09. The van der Waals surface area contributed by atoms with Crippen molar-refractivity contribution in [1.29, 1.82) is 0 Å². The Bertz CT molecular complexity index is 2340. The van der Waals surface area contributed by atoms with Crippen LogP contribution in [0.15, 0.2) is 42.5 Å². The molecule has 45 heavy (non-hydrogen) atoms. The van der Waals surface area contributed by atoms with Crippen LogP contribution in [0, 0.1) is 58.2 Å². The van der Waals surface area contributed by atoms with Crippen molar-refractivity contribution in [3.63, 3.8) is 0 Å². The fraction of sp³-hybridized carbons (Fsp3) is 0. The van der Waals surface area contributed by atoms with Crippen LogP contribution in [0.5, 0.6) is 0 Å². The predicted octanol–water partition coefficient (Wildman–Crippen LogP) is 9.42. The molecule has 8 bridgehead atoms. The van der Waals surface area contributed by atoms with E-state index >= 15 is 17.6 Å². The number of H-pyrrole nitrogens is 3. The van der Waals surface area contributed by atoms with Gasteiger partial charge in [0.15, 0.2) is 46.5 Å². The first-order chi connectivity index (χ1) is 21.5. The number of aromatic nitrogens is 4. The van der Waals surface area contributed by atoms with Crippen LogP contribution in [0.2, 0.25) is 0 Å². The Morgan fingerprint density at radius 3 is 1.27 bits per heavy atom. The van der Waals surface area contributed by atoms with Gasteiger partial charge >= 0.3 is 0 Å². The lowest BCUT2D eigenvalue weighted by Crippen LogP contribution is -2.05. The summed E-state index contributed by atoms with van der Waals surface area (Å²) in [5.41, 5.74) is -3.28. The van der Waals surface area contributed by atoms with Gasteiger partial charge in [-0.1, -0.05) is 0 Å². The van der Waals surface area contributed by atoms with Crippen molar-refractivity contribution in [2.24, 2.45) is 0 Å². The average Bonchev–Trinajstić information content (AvgIpc) is 3.85. The van der Waals surface area contributed by atoms with Crippen LogP contribution >= 0.6 is 0 Å². The molecule has 0 aliphatic carbocycles. The quantitative estimate of drug-likeness (QED) is 0.0995. The summed E-state index contributed by atoms with van der Waals surface area (Å²) in [6.07, 6.45) is 2.56. The molecule has 1 aliphatic heterocycles. The van der Waals surface area contributed by atoms with E-state index in [1.165, 1.54) is 54.6 Å². The number of nitrogens with one attached hydrogen (secondary N) is 3. The molecule has 7 rings (SSSR count). The van der Waals surface area contributed by atoms with Crippen molar-refractivity contribution in [2.75, 3.05) is 0 Å². The SMILES string of the molecule is Fc1c(F)c(F)c(-c2c3nc(c4ccc([nH]4)c(-c4c(F)c(F)c(F)c(F)c4F)c4ccc(cc5ccc2[nH]5)[nH]4)C=C3)c(F)c1F. The van der Waals surface area contributed by atoms with Crippen LogP contribution < -0.4 is 0 Å². The van der Waals surface area contributed by atoms with Crippen molar-refractivity contribution in [3.8, 4) is 22.3 Å². The molecule has 4 aromatic heterocycles. The van der Waals surface area contributed by atoms with Gasteiger partial charge < -0.3 is 15.0 Å². The van der Waals surface area contributed by atoms with Crippen LogP contribution in [0.3, 0.4) is 0 Å². The van der Waals surface area contributed by atoms with Crippen molar-refractivity contribution in [2.45, 2.75) is 0 Å². The smallest absolute Gasteiger partial charge is 0.200 e. The third-order valence-electron chi connectivity index (χ3n) is 7.31. The molecule has 14 heteroatoms. The fourth-order valence-electron chi connectivity index (χ4n) is 5.26. The molecule has 5 heterocycles. The summed E-state index contributed by atoms with van der Waals surface area (Å²) in [4.78, 5) is 12.8. The summed E-state index contributed by atoms with van der Waals surface area (Å²) < 4.78 is 145. The molecule has 0 fully saturated rings. The van der Waals surface area contributed by atoms with Crippen molar-refractivity contribution >= 4 is 45.3 Å². The predicted molar refractivity (Wildman–Crippen MR) is 146 cm³/mol. The molecule has 6 aromatic rings. The molecule has 0 saturated heterocycles. The second kappa shape index (κ2) is 10.0. The first-order valence-electron chi connectivity index (χ1n) is 12.8. The molecule has 226 valence electrons. The molecule has 3 N–H and O–H groups in total. The molecule has 0 atom stereocenters. The molecular formula is C31H12F10N4. The second-order valence-corrected chi connectivity index (χ2v) is 9.94. The van der Waals surface area contributed by atoms with E-state index in [1.807, 2.05) is 0 Å². The van der Waals surface area contributed by atoms with Crippen LogP contribution in [0.25, 0.3) is 67.5 Å². The van der Waals surface area contributed by atoms with Crippen LogP contribution in [-0.4, -0.2) is 19.9 Å². The molecule has 4 nitrogen and oxygen atoms in total. The highest BCUT2D eigenvalue weighted by molar-refractivity contribution is 5.96. The highest BCUT2D eigenvalue weighted by Crippen LogP contribution is 2.39. The number of aromatic amines is 3. The van der Waals surface area contributed by atoms with Gasteiger partial charge in [-0.05, 0) is 54.6 Å². The van der Waals surface area contributed by atoms with Gasteiger partial charge in [0, 0.05) is 38.7 Å². The number of hydrogen-bond acceptors (Lipinski definition) is 1. The number of halogens is 10. The number of nitrogens with zero attached hydrogens (tertiary/aromatic N) is 1. The van der Waals surface area contributed by atoms with E-state index in [1.54, 1.807) is 0 Å². The summed E-state index contributed by atoms with van der Waals surface area (Å²) in [5, 5.41) is 0. The minimum absolute atomic E-state index is 0.0368. The minimum Gasteiger partial charge on any atom is -0.355 e. The molecule has 0 amide bonds. The molecule has 0 unspecified atom stereocenters. The van der Waals surface area contributed by atoms with E-state index in [0.717, 1.165) is 0 Å². The lowest BCUT2D eigenvalue weighted by atomic mass is 10.0. The Kier molecular flexibility index (Phi) is 6.28. The maximum Gasteiger partial charge on any atom is 0.200 e. The molecule has 0 spiro atoms. The Labute approximate surface area is 243 Å². The van der Waals surface area contributed by atoms with Gasteiger partial charge in [-0.3, -0.25) is 0 Å². The lowest BCUT2D eigenvalue weighted by molar-refractivity contribution is 0.381. The summed E-state index contributed by atoms with van der Waals surface area (Å²) in [7, 11) is 0. The number of hydrogen-bond donors (Lipinski definition) is 3. The first-order valence-corrected chi connectivity index (χ1v) is 12.8. The van der Waals surface area contributed by atoms with Gasteiger partial charge in [-0.25, -0.2) is 48.9 Å². The second-order valence-electron chi connectivity index (χ2n) is 9.94. The Morgan fingerprint density at radius 2 is 0.733 bits per heavy atom. The Hall–Kier alpha value is -5.53. The molecule has 0 radical (unpaired) electrons. The number of rotatable bonds is 2. The monoisotopic (exact) mass is 630 g/mol. The van der Waals surface area contributed by atoms with Crippen molar-refractivity contribution in [3.05, 3.63) is 112 Å². The maximum atomic E-state index is 15.1. The molecular weight excluding hydrogens is 618 g/mol. The van der Waals surface area contributed by atoms with E-state index in [9.17, 15) is 26.3 Å². The van der Waals surface area contributed by atoms with Gasteiger partial charge in [0.1, 0.15) is 0 Å². The normalized spacial score (nSPS) is 12.1. The van der Waals surface area contributed by atoms with E-state index in [0.29, 0.717) is 0 Å². The Balaban J connectivity index is 1.65. The summed E-state index contributed by atoms with van der Waals surface area (Å²) >= 11 is 0. The molecule has 0 saturated carbocycles. The summed E-state index contributed by atoms with van der Waals surface area (Å²) in [6.45, 7) is 0. The van der Waals surface area contributed by atoms with Gasteiger partial charge in [0.05, 0.1) is 28.0 Å². The van der Waals surface area contributed by atoms with Gasteiger partial charge in [0.25, 0.3) is 0 Å². The first kappa shape index (κ1) is 28.3. The topological polar surface area (TPSA) is 60.3 Å². The summed E-state index contributed by atoms with van der Waals surface area (Å²) in [6, 6.07) is 9.48. The van der Waals surface area contributed by atoms with Crippen molar-refractivity contribution < 1.29 is 43.9 Å². The Morgan fingerprint density at radius 1 is 0.356 bits per heavy atom. The van der Waals surface area contributed by atoms with Crippen LogP contribution in [0.1, 0.15) is 11.4 Å².